The summed E-state index contributed by atoms with van der Waals surface area (Å²) in [7, 11) is 0. The first-order chi connectivity index (χ1) is 14.5. The number of carbonyl (C=O) groups is 3. The first-order valence-corrected chi connectivity index (χ1v) is 9.41. The second kappa shape index (κ2) is 9.65. The van der Waals surface area contributed by atoms with E-state index in [2.05, 4.69) is 10.6 Å². The molecule has 2 amide bonds. The second-order valence-electron chi connectivity index (χ2n) is 6.68. The van der Waals surface area contributed by atoms with Gasteiger partial charge >= 0.3 is 5.97 Å². The molecule has 2 N–H and O–H groups in total. The van der Waals surface area contributed by atoms with Crippen molar-refractivity contribution in [3.05, 3.63) is 83.7 Å². The molecule has 154 valence electrons. The SMILES string of the molecule is C[C@H](NC(=O)COC(=O)CNC(=O)c1ccccc1F)c1cccc2ccccc12. The fraction of sp³-hybridized carbons (Fsp3) is 0.174. The summed E-state index contributed by atoms with van der Waals surface area (Å²) in [5.41, 5.74) is 0.775. The third-order valence-corrected chi connectivity index (χ3v) is 4.54. The van der Waals surface area contributed by atoms with Crippen molar-refractivity contribution in [2.45, 2.75) is 13.0 Å². The van der Waals surface area contributed by atoms with Gasteiger partial charge in [-0.3, -0.25) is 14.4 Å². The molecule has 0 saturated heterocycles. The van der Waals surface area contributed by atoms with E-state index in [0.29, 0.717) is 0 Å². The number of hydrogen-bond acceptors (Lipinski definition) is 4. The molecular formula is C23H21FN2O4. The number of rotatable bonds is 7. The molecule has 0 spiro atoms. The molecule has 0 fully saturated rings. The van der Waals surface area contributed by atoms with Crippen LogP contribution < -0.4 is 10.6 Å². The third-order valence-electron chi connectivity index (χ3n) is 4.54. The molecule has 0 bridgehead atoms. The number of ether oxygens (including phenoxy) is 1. The highest BCUT2D eigenvalue weighted by Crippen LogP contribution is 2.23. The molecule has 0 aliphatic heterocycles. The third kappa shape index (κ3) is 5.20. The van der Waals surface area contributed by atoms with Crippen molar-refractivity contribution in [1.29, 1.82) is 0 Å². The maximum atomic E-state index is 13.5. The van der Waals surface area contributed by atoms with Gasteiger partial charge in [0.15, 0.2) is 6.61 Å². The highest BCUT2D eigenvalue weighted by Gasteiger charge is 2.15. The molecule has 0 aromatic heterocycles. The van der Waals surface area contributed by atoms with Crippen LogP contribution in [-0.4, -0.2) is 30.9 Å². The Hall–Kier alpha value is -3.74. The van der Waals surface area contributed by atoms with Crippen molar-refractivity contribution < 1.29 is 23.5 Å². The van der Waals surface area contributed by atoms with Crippen LogP contribution in [0.2, 0.25) is 0 Å². The van der Waals surface area contributed by atoms with Crippen LogP contribution >= 0.6 is 0 Å². The zero-order chi connectivity index (χ0) is 21.5. The molecular weight excluding hydrogens is 387 g/mol. The lowest BCUT2D eigenvalue weighted by atomic mass is 10.00. The van der Waals surface area contributed by atoms with Gasteiger partial charge in [-0.15, -0.1) is 0 Å². The molecule has 7 heteroatoms. The number of nitrogens with one attached hydrogen (secondary N) is 2. The van der Waals surface area contributed by atoms with Crippen LogP contribution in [-0.2, 0) is 14.3 Å². The number of fused-ring (bicyclic) bond motifs is 1. The van der Waals surface area contributed by atoms with Crippen LogP contribution in [0.25, 0.3) is 10.8 Å². The van der Waals surface area contributed by atoms with Gasteiger partial charge < -0.3 is 15.4 Å². The van der Waals surface area contributed by atoms with E-state index in [-0.39, 0.29) is 11.6 Å². The Kier molecular flexibility index (Phi) is 6.75. The Morgan fingerprint density at radius 3 is 2.47 bits per heavy atom. The Balaban J connectivity index is 1.47. The van der Waals surface area contributed by atoms with Gasteiger partial charge in [-0.05, 0) is 35.4 Å². The average molecular weight is 408 g/mol. The number of hydrogen-bond donors (Lipinski definition) is 2. The van der Waals surface area contributed by atoms with Gasteiger partial charge in [0.1, 0.15) is 12.4 Å². The van der Waals surface area contributed by atoms with E-state index in [4.69, 9.17) is 4.74 Å². The summed E-state index contributed by atoms with van der Waals surface area (Å²) in [5, 5.41) is 7.15. The van der Waals surface area contributed by atoms with E-state index in [1.54, 1.807) is 0 Å². The van der Waals surface area contributed by atoms with Crippen molar-refractivity contribution >= 4 is 28.6 Å². The zero-order valence-electron chi connectivity index (χ0n) is 16.4. The molecule has 6 nitrogen and oxygen atoms in total. The van der Waals surface area contributed by atoms with Gasteiger partial charge in [0.25, 0.3) is 11.8 Å². The Bertz CT molecular complexity index is 1080. The summed E-state index contributed by atoms with van der Waals surface area (Å²) in [5.74, 6) is -2.69. The van der Waals surface area contributed by atoms with Crippen LogP contribution in [0, 0.1) is 5.82 Å². The molecule has 30 heavy (non-hydrogen) atoms. The normalized spacial score (nSPS) is 11.5. The van der Waals surface area contributed by atoms with E-state index in [1.807, 2.05) is 49.4 Å². The molecule has 0 heterocycles. The van der Waals surface area contributed by atoms with E-state index in [0.717, 1.165) is 22.4 Å². The van der Waals surface area contributed by atoms with E-state index in [1.165, 1.54) is 18.2 Å². The lowest BCUT2D eigenvalue weighted by molar-refractivity contribution is -0.147. The van der Waals surface area contributed by atoms with Crippen molar-refractivity contribution in [2.75, 3.05) is 13.2 Å². The predicted molar refractivity (Wildman–Crippen MR) is 110 cm³/mol. The Labute approximate surface area is 173 Å². The maximum Gasteiger partial charge on any atom is 0.325 e. The predicted octanol–water partition coefficient (Wildman–Crippen LogP) is 3.13. The highest BCUT2D eigenvalue weighted by molar-refractivity contribution is 5.96. The van der Waals surface area contributed by atoms with Gasteiger partial charge in [0.05, 0.1) is 11.6 Å². The number of amides is 2. The maximum absolute atomic E-state index is 13.5. The van der Waals surface area contributed by atoms with Crippen LogP contribution in [0.4, 0.5) is 4.39 Å². The van der Waals surface area contributed by atoms with E-state index >= 15 is 0 Å². The smallest absolute Gasteiger partial charge is 0.325 e. The number of carbonyl (C=O) groups excluding carboxylic acids is 3. The number of esters is 1. The van der Waals surface area contributed by atoms with Gasteiger partial charge in [-0.25, -0.2) is 4.39 Å². The van der Waals surface area contributed by atoms with Crippen LogP contribution in [0.5, 0.6) is 0 Å². The monoisotopic (exact) mass is 408 g/mol. The van der Waals surface area contributed by atoms with Crippen LogP contribution in [0.3, 0.4) is 0 Å². The molecule has 0 unspecified atom stereocenters. The van der Waals surface area contributed by atoms with Gasteiger partial charge in [-0.1, -0.05) is 54.6 Å². The minimum absolute atomic E-state index is 0.174. The summed E-state index contributed by atoms with van der Waals surface area (Å²) in [4.78, 5) is 35.8. The van der Waals surface area contributed by atoms with E-state index in [9.17, 15) is 18.8 Å². The van der Waals surface area contributed by atoms with Crippen molar-refractivity contribution in [3.63, 3.8) is 0 Å². The van der Waals surface area contributed by atoms with Crippen LogP contribution in [0.15, 0.2) is 66.7 Å². The molecule has 0 aliphatic carbocycles. The number of benzene rings is 3. The first-order valence-electron chi connectivity index (χ1n) is 9.41. The zero-order valence-corrected chi connectivity index (χ0v) is 16.4. The number of halogens is 1. The Morgan fingerprint density at radius 2 is 1.67 bits per heavy atom. The van der Waals surface area contributed by atoms with Crippen molar-refractivity contribution in [2.24, 2.45) is 0 Å². The average Bonchev–Trinajstić information content (AvgIpc) is 2.76. The quantitative estimate of drug-likeness (QED) is 0.589. The topological polar surface area (TPSA) is 84.5 Å². The highest BCUT2D eigenvalue weighted by atomic mass is 19.1. The standard InChI is InChI=1S/C23H21FN2O4/c1-15(17-11-6-8-16-7-2-3-9-18(16)17)26-21(27)14-30-22(28)13-25-23(29)19-10-4-5-12-20(19)24/h2-12,15H,13-14H2,1H3,(H,25,29)(H,26,27)/t15-/m0/s1. The molecule has 1 atom stereocenters. The molecule has 3 aromatic carbocycles. The van der Waals surface area contributed by atoms with Crippen LogP contribution in [0.1, 0.15) is 28.9 Å². The summed E-state index contributed by atoms with van der Waals surface area (Å²) < 4.78 is 18.4. The molecule has 0 radical (unpaired) electrons. The second-order valence-corrected chi connectivity index (χ2v) is 6.68. The van der Waals surface area contributed by atoms with Crippen molar-refractivity contribution in [1.82, 2.24) is 10.6 Å². The molecule has 0 aliphatic rings. The first kappa shape index (κ1) is 21.0. The van der Waals surface area contributed by atoms with Gasteiger partial charge in [-0.2, -0.15) is 0 Å². The summed E-state index contributed by atoms with van der Waals surface area (Å²) in [6, 6.07) is 18.8. The largest absolute Gasteiger partial charge is 0.454 e. The van der Waals surface area contributed by atoms with Crippen molar-refractivity contribution in [3.8, 4) is 0 Å². The van der Waals surface area contributed by atoms with E-state index < -0.39 is 36.8 Å². The minimum Gasteiger partial charge on any atom is -0.454 e. The summed E-state index contributed by atoms with van der Waals surface area (Å²) in [6.07, 6.45) is 0. The lowest BCUT2D eigenvalue weighted by Gasteiger charge is -2.16. The fourth-order valence-electron chi connectivity index (χ4n) is 3.08. The molecule has 3 aromatic rings. The van der Waals surface area contributed by atoms with Gasteiger partial charge in [0.2, 0.25) is 0 Å². The molecule has 3 rings (SSSR count). The molecule has 0 saturated carbocycles. The summed E-state index contributed by atoms with van der Waals surface area (Å²) >= 11 is 0. The lowest BCUT2D eigenvalue weighted by Crippen LogP contribution is -2.35. The fourth-order valence-corrected chi connectivity index (χ4v) is 3.08. The van der Waals surface area contributed by atoms with Gasteiger partial charge in [0, 0.05) is 0 Å². The Morgan fingerprint density at radius 1 is 0.967 bits per heavy atom. The minimum atomic E-state index is -0.798. The summed E-state index contributed by atoms with van der Waals surface area (Å²) in [6.45, 7) is 0.888.